The smallest absolute Gasteiger partial charge is 0.251 e. The second kappa shape index (κ2) is 10.1. The van der Waals surface area contributed by atoms with Crippen molar-refractivity contribution in [2.45, 2.75) is 19.9 Å². The monoisotopic (exact) mass is 342 g/mol. The molecule has 1 heterocycles. The summed E-state index contributed by atoms with van der Waals surface area (Å²) in [5, 5.41) is 13.3. The molecule has 7 nitrogen and oxygen atoms in total. The molecule has 0 radical (unpaired) electrons. The average molecular weight is 342 g/mol. The minimum atomic E-state index is -0.0704. The lowest BCUT2D eigenvalue weighted by molar-refractivity contribution is 0.0963. The summed E-state index contributed by atoms with van der Waals surface area (Å²) in [6.07, 6.45) is 4.48. The minimum absolute atomic E-state index is 0.0704. The maximum absolute atomic E-state index is 11.7. The van der Waals surface area contributed by atoms with Crippen molar-refractivity contribution < 1.29 is 4.79 Å². The highest BCUT2D eigenvalue weighted by molar-refractivity contribution is 5.94. The highest BCUT2D eigenvalue weighted by Gasteiger charge is 2.03. The number of hydrogen-bond donors (Lipinski definition) is 3. The summed E-state index contributed by atoms with van der Waals surface area (Å²) in [5.41, 5.74) is 1.77. The van der Waals surface area contributed by atoms with E-state index >= 15 is 0 Å². The Hall–Kier alpha value is -2.83. The van der Waals surface area contributed by atoms with Crippen LogP contribution in [0.1, 0.15) is 22.8 Å². The summed E-state index contributed by atoms with van der Waals surface area (Å²) >= 11 is 0. The Morgan fingerprint density at radius 2 is 2.16 bits per heavy atom. The van der Waals surface area contributed by atoms with Crippen LogP contribution < -0.4 is 16.0 Å². The van der Waals surface area contributed by atoms with E-state index in [1.54, 1.807) is 13.2 Å². The van der Waals surface area contributed by atoms with Gasteiger partial charge in [-0.05, 0) is 37.1 Å². The zero-order valence-corrected chi connectivity index (χ0v) is 14.8. The van der Waals surface area contributed by atoms with Gasteiger partial charge in [0, 0.05) is 44.6 Å². The second-order valence-electron chi connectivity index (χ2n) is 5.49. The third kappa shape index (κ3) is 6.29. The molecule has 0 fully saturated rings. The van der Waals surface area contributed by atoms with Crippen LogP contribution in [0, 0.1) is 0 Å². The van der Waals surface area contributed by atoms with Gasteiger partial charge in [-0.15, -0.1) is 0 Å². The van der Waals surface area contributed by atoms with Gasteiger partial charge >= 0.3 is 0 Å². The second-order valence-corrected chi connectivity index (χ2v) is 5.49. The van der Waals surface area contributed by atoms with E-state index < -0.39 is 0 Å². The molecule has 3 N–H and O–H groups in total. The third-order valence-corrected chi connectivity index (χ3v) is 3.62. The number of benzene rings is 1. The molecule has 0 bridgehead atoms. The number of amides is 1. The van der Waals surface area contributed by atoms with Crippen molar-refractivity contribution in [1.29, 1.82) is 0 Å². The maximum atomic E-state index is 11.7. The van der Waals surface area contributed by atoms with E-state index in [1.807, 2.05) is 48.1 Å². The van der Waals surface area contributed by atoms with Gasteiger partial charge in [0.15, 0.2) is 5.96 Å². The summed E-state index contributed by atoms with van der Waals surface area (Å²) < 4.78 is 1.88. The van der Waals surface area contributed by atoms with Crippen LogP contribution in [0.5, 0.6) is 0 Å². The molecule has 134 valence electrons. The van der Waals surface area contributed by atoms with Crippen molar-refractivity contribution in [2.24, 2.45) is 4.99 Å². The third-order valence-electron chi connectivity index (χ3n) is 3.62. The summed E-state index contributed by atoms with van der Waals surface area (Å²) in [6.45, 7) is 5.02. The highest BCUT2D eigenvalue weighted by Crippen LogP contribution is 2.06. The fraction of sp³-hybridized carbons (Fsp3) is 0.389. The summed E-state index contributed by atoms with van der Waals surface area (Å²) in [4.78, 5) is 16.3. The number of nitrogens with one attached hydrogen (secondary N) is 3. The van der Waals surface area contributed by atoms with Crippen LogP contribution in [-0.4, -0.2) is 48.3 Å². The van der Waals surface area contributed by atoms with Gasteiger partial charge in [0.25, 0.3) is 5.91 Å². The SMILES string of the molecule is CCNC(=NCCc1cccc(C(=O)NC)c1)NCCn1cccn1. The number of guanidine groups is 1. The van der Waals surface area contributed by atoms with Gasteiger partial charge in [-0.2, -0.15) is 5.10 Å². The van der Waals surface area contributed by atoms with E-state index in [1.165, 1.54) is 0 Å². The number of hydrogen-bond acceptors (Lipinski definition) is 3. The zero-order chi connectivity index (χ0) is 17.9. The number of carbonyl (C=O) groups is 1. The van der Waals surface area contributed by atoms with Crippen LogP contribution in [0.2, 0.25) is 0 Å². The molecule has 0 unspecified atom stereocenters. The quantitative estimate of drug-likeness (QED) is 0.494. The van der Waals surface area contributed by atoms with E-state index in [2.05, 4.69) is 26.0 Å². The van der Waals surface area contributed by atoms with E-state index in [4.69, 9.17) is 0 Å². The Bertz CT molecular complexity index is 681. The molecule has 1 aromatic carbocycles. The van der Waals surface area contributed by atoms with Gasteiger partial charge in [-0.25, -0.2) is 0 Å². The number of aliphatic imine (C=N–C) groups is 1. The first-order chi connectivity index (χ1) is 12.2. The predicted octanol–water partition coefficient (Wildman–Crippen LogP) is 1.04. The number of nitrogens with zero attached hydrogens (tertiary/aromatic N) is 3. The predicted molar refractivity (Wildman–Crippen MR) is 99.7 cm³/mol. The standard InChI is InChI=1S/C18H26N6O/c1-3-20-18(22-11-13-24-12-5-9-23-24)21-10-8-15-6-4-7-16(14-15)17(25)19-2/h4-7,9,12,14H,3,8,10-11,13H2,1-2H3,(H,19,25)(H2,20,21,22). The van der Waals surface area contributed by atoms with Crippen molar-refractivity contribution in [2.75, 3.05) is 26.7 Å². The highest BCUT2D eigenvalue weighted by atomic mass is 16.1. The molecule has 0 aliphatic rings. The molecule has 25 heavy (non-hydrogen) atoms. The largest absolute Gasteiger partial charge is 0.357 e. The van der Waals surface area contributed by atoms with Crippen LogP contribution in [0.25, 0.3) is 0 Å². The molecule has 1 amide bonds. The van der Waals surface area contributed by atoms with Gasteiger partial charge in [0.1, 0.15) is 0 Å². The normalized spacial score (nSPS) is 11.2. The van der Waals surface area contributed by atoms with Gasteiger partial charge in [-0.3, -0.25) is 14.5 Å². The van der Waals surface area contributed by atoms with Crippen molar-refractivity contribution >= 4 is 11.9 Å². The molecule has 0 aliphatic heterocycles. The Balaban J connectivity index is 1.84. The van der Waals surface area contributed by atoms with Crippen molar-refractivity contribution in [1.82, 2.24) is 25.7 Å². The van der Waals surface area contributed by atoms with Gasteiger partial charge in [-0.1, -0.05) is 12.1 Å². The molecule has 0 atom stereocenters. The number of rotatable bonds is 8. The summed E-state index contributed by atoms with van der Waals surface area (Å²) in [6, 6.07) is 9.54. The topological polar surface area (TPSA) is 83.3 Å². The average Bonchev–Trinajstić information content (AvgIpc) is 3.15. The lowest BCUT2D eigenvalue weighted by Gasteiger charge is -2.11. The fourth-order valence-corrected chi connectivity index (χ4v) is 2.37. The van der Waals surface area contributed by atoms with Crippen LogP contribution >= 0.6 is 0 Å². The van der Waals surface area contributed by atoms with Crippen molar-refractivity contribution in [3.63, 3.8) is 0 Å². The molecule has 7 heteroatoms. The van der Waals surface area contributed by atoms with E-state index in [0.717, 1.165) is 37.6 Å². The lowest BCUT2D eigenvalue weighted by atomic mass is 10.1. The van der Waals surface area contributed by atoms with Crippen molar-refractivity contribution in [3.05, 3.63) is 53.9 Å². The Morgan fingerprint density at radius 1 is 1.28 bits per heavy atom. The van der Waals surface area contributed by atoms with Crippen LogP contribution in [0.3, 0.4) is 0 Å². The summed E-state index contributed by atoms with van der Waals surface area (Å²) in [5.74, 6) is 0.719. The molecule has 1 aromatic heterocycles. The minimum Gasteiger partial charge on any atom is -0.357 e. The van der Waals surface area contributed by atoms with Gasteiger partial charge < -0.3 is 16.0 Å². The fourth-order valence-electron chi connectivity index (χ4n) is 2.37. The zero-order valence-electron chi connectivity index (χ0n) is 14.8. The molecule has 0 aliphatic carbocycles. The molecule has 0 saturated carbocycles. The van der Waals surface area contributed by atoms with Crippen LogP contribution in [-0.2, 0) is 13.0 Å². The Labute approximate surface area is 148 Å². The first kappa shape index (κ1) is 18.5. The number of aromatic nitrogens is 2. The van der Waals surface area contributed by atoms with E-state index in [9.17, 15) is 4.79 Å². The Kier molecular flexibility index (Phi) is 7.49. The van der Waals surface area contributed by atoms with E-state index in [-0.39, 0.29) is 5.91 Å². The first-order valence-electron chi connectivity index (χ1n) is 8.53. The Morgan fingerprint density at radius 3 is 2.88 bits per heavy atom. The first-order valence-corrected chi connectivity index (χ1v) is 8.53. The van der Waals surface area contributed by atoms with Crippen molar-refractivity contribution in [3.8, 4) is 0 Å². The number of carbonyl (C=O) groups excluding carboxylic acids is 1. The maximum Gasteiger partial charge on any atom is 0.251 e. The molecular formula is C18H26N6O. The van der Waals surface area contributed by atoms with Gasteiger partial charge in [0.05, 0.1) is 6.54 Å². The molecule has 2 rings (SSSR count). The van der Waals surface area contributed by atoms with Crippen LogP contribution in [0.15, 0.2) is 47.7 Å². The molecule has 2 aromatic rings. The van der Waals surface area contributed by atoms with Crippen LogP contribution in [0.4, 0.5) is 0 Å². The molecule has 0 saturated heterocycles. The molecular weight excluding hydrogens is 316 g/mol. The molecule has 0 spiro atoms. The van der Waals surface area contributed by atoms with Gasteiger partial charge in [0.2, 0.25) is 0 Å². The van der Waals surface area contributed by atoms with E-state index in [0.29, 0.717) is 12.1 Å². The lowest BCUT2D eigenvalue weighted by Crippen LogP contribution is -2.39. The summed E-state index contributed by atoms with van der Waals surface area (Å²) in [7, 11) is 1.64.